The summed E-state index contributed by atoms with van der Waals surface area (Å²) in [5.41, 5.74) is 1.11. The van der Waals surface area contributed by atoms with Gasteiger partial charge in [0, 0.05) is 22.1 Å². The summed E-state index contributed by atoms with van der Waals surface area (Å²) in [6, 6.07) is 14.0. The lowest BCUT2D eigenvalue weighted by molar-refractivity contribution is 0.338. The Kier molecular flexibility index (Phi) is 5.65. The summed E-state index contributed by atoms with van der Waals surface area (Å²) in [5.74, 6) is 2.41. The molecule has 0 aliphatic heterocycles. The zero-order valence-electron chi connectivity index (χ0n) is 12.5. The van der Waals surface area contributed by atoms with Gasteiger partial charge < -0.3 is 14.8 Å². The highest BCUT2D eigenvalue weighted by Gasteiger charge is 2.11. The van der Waals surface area contributed by atoms with Crippen molar-refractivity contribution < 1.29 is 9.47 Å². The lowest BCUT2D eigenvalue weighted by Crippen LogP contribution is -2.13. The second-order valence-electron chi connectivity index (χ2n) is 4.70. The minimum absolute atomic E-state index is 0.211. The van der Waals surface area contributed by atoms with Crippen molar-refractivity contribution in [3.8, 4) is 17.2 Å². The molecule has 0 spiro atoms. The Bertz CT molecular complexity index is 601. The van der Waals surface area contributed by atoms with E-state index in [1.807, 2.05) is 50.4 Å². The Morgan fingerprint density at radius 3 is 2.62 bits per heavy atom. The van der Waals surface area contributed by atoms with E-state index in [0.29, 0.717) is 6.61 Å². The van der Waals surface area contributed by atoms with Crippen molar-refractivity contribution in [3.63, 3.8) is 0 Å². The van der Waals surface area contributed by atoms with Crippen LogP contribution in [0.2, 0.25) is 0 Å². The van der Waals surface area contributed by atoms with Gasteiger partial charge in [-0.1, -0.05) is 28.1 Å². The van der Waals surface area contributed by atoms with Crippen LogP contribution in [0, 0.1) is 0 Å². The molecule has 21 heavy (non-hydrogen) atoms. The zero-order chi connectivity index (χ0) is 15.2. The molecule has 112 valence electrons. The first-order chi connectivity index (χ1) is 10.1. The molecule has 1 unspecified atom stereocenters. The Morgan fingerprint density at radius 2 is 1.90 bits per heavy atom. The van der Waals surface area contributed by atoms with Gasteiger partial charge in [-0.15, -0.1) is 0 Å². The van der Waals surface area contributed by atoms with Crippen LogP contribution in [-0.2, 0) is 0 Å². The van der Waals surface area contributed by atoms with E-state index in [0.717, 1.165) is 27.3 Å². The molecule has 3 nitrogen and oxygen atoms in total. The molecule has 1 N–H and O–H groups in total. The molecule has 0 saturated heterocycles. The molecular formula is C17H20BrNO2. The Hall–Kier alpha value is -1.52. The Balaban J connectivity index is 2.29. The summed E-state index contributed by atoms with van der Waals surface area (Å²) in [7, 11) is 1.94. The number of hydrogen-bond acceptors (Lipinski definition) is 3. The highest BCUT2D eigenvalue weighted by atomic mass is 79.9. The van der Waals surface area contributed by atoms with Crippen molar-refractivity contribution in [1.29, 1.82) is 0 Å². The third kappa shape index (κ3) is 4.22. The van der Waals surface area contributed by atoms with Crippen molar-refractivity contribution >= 4 is 15.9 Å². The van der Waals surface area contributed by atoms with E-state index in [1.165, 1.54) is 0 Å². The SMILES string of the molecule is CCOc1cccc(Oc2cc(Br)ccc2C(C)NC)c1. The van der Waals surface area contributed by atoms with Crippen LogP contribution in [0.25, 0.3) is 0 Å². The van der Waals surface area contributed by atoms with Crippen LogP contribution in [0.15, 0.2) is 46.9 Å². The molecule has 0 amide bonds. The third-order valence-corrected chi connectivity index (χ3v) is 3.71. The third-order valence-electron chi connectivity index (χ3n) is 3.22. The number of nitrogens with one attached hydrogen (secondary N) is 1. The normalized spacial score (nSPS) is 12.0. The molecule has 2 aromatic carbocycles. The van der Waals surface area contributed by atoms with E-state index in [4.69, 9.17) is 9.47 Å². The summed E-state index contributed by atoms with van der Waals surface area (Å²) >= 11 is 3.49. The molecule has 0 bridgehead atoms. The van der Waals surface area contributed by atoms with E-state index in [1.54, 1.807) is 0 Å². The maximum absolute atomic E-state index is 6.05. The fraction of sp³-hybridized carbons (Fsp3) is 0.294. The van der Waals surface area contributed by atoms with Gasteiger partial charge in [0.15, 0.2) is 0 Å². The predicted molar refractivity (Wildman–Crippen MR) is 89.3 cm³/mol. The van der Waals surface area contributed by atoms with Crippen molar-refractivity contribution in [3.05, 3.63) is 52.5 Å². The summed E-state index contributed by atoms with van der Waals surface area (Å²) in [6.07, 6.45) is 0. The van der Waals surface area contributed by atoms with Crippen molar-refractivity contribution in [2.75, 3.05) is 13.7 Å². The van der Waals surface area contributed by atoms with E-state index >= 15 is 0 Å². The molecule has 2 aromatic rings. The fourth-order valence-electron chi connectivity index (χ4n) is 2.03. The van der Waals surface area contributed by atoms with Crippen LogP contribution in [-0.4, -0.2) is 13.7 Å². The largest absolute Gasteiger partial charge is 0.494 e. The van der Waals surface area contributed by atoms with Crippen LogP contribution < -0.4 is 14.8 Å². The number of ether oxygens (including phenoxy) is 2. The summed E-state index contributed by atoms with van der Waals surface area (Å²) < 4.78 is 12.5. The highest BCUT2D eigenvalue weighted by Crippen LogP contribution is 2.33. The molecular weight excluding hydrogens is 330 g/mol. The lowest BCUT2D eigenvalue weighted by atomic mass is 10.1. The summed E-state index contributed by atoms with van der Waals surface area (Å²) in [6.45, 7) is 4.71. The van der Waals surface area contributed by atoms with Gasteiger partial charge in [0.05, 0.1) is 6.61 Å². The minimum atomic E-state index is 0.211. The quantitative estimate of drug-likeness (QED) is 0.802. The first-order valence-electron chi connectivity index (χ1n) is 7.01. The molecule has 0 saturated carbocycles. The van der Waals surface area contributed by atoms with E-state index < -0.39 is 0 Å². The molecule has 0 fully saturated rings. The monoisotopic (exact) mass is 349 g/mol. The minimum Gasteiger partial charge on any atom is -0.494 e. The molecule has 2 rings (SSSR count). The van der Waals surface area contributed by atoms with Gasteiger partial charge in [-0.2, -0.15) is 0 Å². The highest BCUT2D eigenvalue weighted by molar-refractivity contribution is 9.10. The molecule has 0 aliphatic rings. The first-order valence-corrected chi connectivity index (χ1v) is 7.80. The molecule has 4 heteroatoms. The molecule has 0 aliphatic carbocycles. The summed E-state index contributed by atoms with van der Waals surface area (Å²) in [4.78, 5) is 0. The van der Waals surface area contributed by atoms with E-state index in [9.17, 15) is 0 Å². The van der Waals surface area contributed by atoms with Gasteiger partial charge in [-0.05, 0) is 45.2 Å². The second kappa shape index (κ2) is 7.48. The average molecular weight is 350 g/mol. The zero-order valence-corrected chi connectivity index (χ0v) is 14.1. The maximum atomic E-state index is 6.05. The first kappa shape index (κ1) is 15.9. The van der Waals surface area contributed by atoms with Crippen molar-refractivity contribution in [2.45, 2.75) is 19.9 Å². The number of hydrogen-bond donors (Lipinski definition) is 1. The van der Waals surface area contributed by atoms with Gasteiger partial charge in [-0.3, -0.25) is 0 Å². The average Bonchev–Trinajstić information content (AvgIpc) is 2.47. The van der Waals surface area contributed by atoms with Gasteiger partial charge >= 0.3 is 0 Å². The molecule has 1 atom stereocenters. The van der Waals surface area contributed by atoms with Crippen LogP contribution in [0.5, 0.6) is 17.2 Å². The van der Waals surface area contributed by atoms with Crippen LogP contribution >= 0.6 is 15.9 Å². The number of halogens is 1. The number of benzene rings is 2. The van der Waals surface area contributed by atoms with Crippen LogP contribution in [0.3, 0.4) is 0 Å². The van der Waals surface area contributed by atoms with Crippen LogP contribution in [0.4, 0.5) is 0 Å². The summed E-state index contributed by atoms with van der Waals surface area (Å²) in [5, 5.41) is 3.24. The molecule has 0 radical (unpaired) electrons. The standard InChI is InChI=1S/C17H20BrNO2/c1-4-20-14-6-5-7-15(11-14)21-17-10-13(18)8-9-16(17)12(2)19-3/h5-12,19H,4H2,1-3H3. The van der Waals surface area contributed by atoms with Gasteiger partial charge in [0.25, 0.3) is 0 Å². The van der Waals surface area contributed by atoms with Crippen molar-refractivity contribution in [1.82, 2.24) is 5.32 Å². The molecule has 0 aromatic heterocycles. The van der Waals surface area contributed by atoms with Crippen LogP contribution in [0.1, 0.15) is 25.5 Å². The second-order valence-corrected chi connectivity index (χ2v) is 5.62. The van der Waals surface area contributed by atoms with E-state index in [2.05, 4.69) is 34.2 Å². The van der Waals surface area contributed by atoms with Gasteiger partial charge in [0.2, 0.25) is 0 Å². The lowest BCUT2D eigenvalue weighted by Gasteiger charge is -2.17. The Labute approximate surface area is 134 Å². The topological polar surface area (TPSA) is 30.5 Å². The predicted octanol–water partition coefficient (Wildman–Crippen LogP) is 4.92. The van der Waals surface area contributed by atoms with E-state index in [-0.39, 0.29) is 6.04 Å². The smallest absolute Gasteiger partial charge is 0.133 e. The Morgan fingerprint density at radius 1 is 1.14 bits per heavy atom. The molecule has 0 heterocycles. The van der Waals surface area contributed by atoms with Gasteiger partial charge in [0.1, 0.15) is 17.2 Å². The number of rotatable bonds is 6. The van der Waals surface area contributed by atoms with Crippen molar-refractivity contribution in [2.24, 2.45) is 0 Å². The maximum Gasteiger partial charge on any atom is 0.133 e. The van der Waals surface area contributed by atoms with Gasteiger partial charge in [-0.25, -0.2) is 0 Å². The fourth-order valence-corrected chi connectivity index (χ4v) is 2.37.